The minimum Gasteiger partial charge on any atom is -0.467 e. The molecular formula is C16H13ClN2O2S. The van der Waals surface area contributed by atoms with Gasteiger partial charge in [-0.25, -0.2) is 0 Å². The fourth-order valence-electron chi connectivity index (χ4n) is 2.06. The third-order valence-corrected chi connectivity index (χ3v) is 4.18. The Kier molecular flexibility index (Phi) is 4.56. The number of hydrogen-bond donors (Lipinski definition) is 0. The summed E-state index contributed by atoms with van der Waals surface area (Å²) in [6.07, 6.45) is 3.13. The van der Waals surface area contributed by atoms with Gasteiger partial charge >= 0.3 is 0 Å². The number of hydrogen-bond acceptors (Lipinski definition) is 4. The van der Waals surface area contributed by atoms with E-state index < -0.39 is 0 Å². The van der Waals surface area contributed by atoms with Crippen molar-refractivity contribution in [3.8, 4) is 0 Å². The molecule has 3 heterocycles. The molecule has 0 bridgehead atoms. The molecule has 0 aromatic carbocycles. The van der Waals surface area contributed by atoms with Gasteiger partial charge in [0.1, 0.15) is 11.5 Å². The lowest BCUT2D eigenvalue weighted by Crippen LogP contribution is -2.30. The number of pyridine rings is 1. The molecule has 0 N–H and O–H groups in total. The van der Waals surface area contributed by atoms with Gasteiger partial charge in [0.2, 0.25) is 0 Å². The molecule has 6 heteroatoms. The molecule has 0 aliphatic heterocycles. The number of thiophene rings is 1. The van der Waals surface area contributed by atoms with Gasteiger partial charge in [-0.05, 0) is 35.7 Å². The van der Waals surface area contributed by atoms with Gasteiger partial charge in [0.25, 0.3) is 5.91 Å². The van der Waals surface area contributed by atoms with E-state index in [1.807, 2.05) is 23.6 Å². The van der Waals surface area contributed by atoms with E-state index in [1.54, 1.807) is 40.7 Å². The second-order valence-electron chi connectivity index (χ2n) is 4.68. The van der Waals surface area contributed by atoms with Crippen LogP contribution < -0.4 is 0 Å². The van der Waals surface area contributed by atoms with Crippen molar-refractivity contribution in [3.05, 3.63) is 75.6 Å². The summed E-state index contributed by atoms with van der Waals surface area (Å²) >= 11 is 7.56. The second-order valence-corrected chi connectivity index (χ2v) is 6.15. The van der Waals surface area contributed by atoms with Crippen molar-refractivity contribution in [2.75, 3.05) is 0 Å². The van der Waals surface area contributed by atoms with Crippen LogP contribution in [0.2, 0.25) is 5.02 Å². The average Bonchev–Trinajstić information content (AvgIpc) is 3.19. The van der Waals surface area contributed by atoms with E-state index in [0.717, 1.165) is 10.6 Å². The molecule has 0 aliphatic carbocycles. The molecule has 3 rings (SSSR count). The number of halogens is 1. The maximum atomic E-state index is 12.7. The highest BCUT2D eigenvalue weighted by atomic mass is 35.5. The standard InChI is InChI=1S/C16H13ClN2O2S/c17-12-5-6-18-15(9-12)16(20)19(10-13-3-1-7-21-13)11-14-4-2-8-22-14/h1-9H,10-11H2. The normalized spacial score (nSPS) is 10.6. The minimum absolute atomic E-state index is 0.174. The molecule has 112 valence electrons. The maximum absolute atomic E-state index is 12.7. The van der Waals surface area contributed by atoms with Gasteiger partial charge in [0.15, 0.2) is 0 Å². The van der Waals surface area contributed by atoms with Gasteiger partial charge in [0, 0.05) is 16.1 Å². The maximum Gasteiger partial charge on any atom is 0.273 e. The zero-order valence-corrected chi connectivity index (χ0v) is 13.2. The zero-order chi connectivity index (χ0) is 15.4. The highest BCUT2D eigenvalue weighted by Crippen LogP contribution is 2.18. The highest BCUT2D eigenvalue weighted by molar-refractivity contribution is 7.09. The molecular weight excluding hydrogens is 320 g/mol. The van der Waals surface area contributed by atoms with Gasteiger partial charge in [-0.3, -0.25) is 9.78 Å². The van der Waals surface area contributed by atoms with E-state index in [-0.39, 0.29) is 5.91 Å². The van der Waals surface area contributed by atoms with Crippen LogP contribution in [-0.4, -0.2) is 15.8 Å². The first-order valence-corrected chi connectivity index (χ1v) is 7.94. The van der Waals surface area contributed by atoms with Crippen LogP contribution >= 0.6 is 22.9 Å². The summed E-state index contributed by atoms with van der Waals surface area (Å²) in [6, 6.07) is 10.8. The summed E-state index contributed by atoms with van der Waals surface area (Å²) in [5, 5.41) is 2.48. The van der Waals surface area contributed by atoms with Crippen LogP contribution in [0.4, 0.5) is 0 Å². The number of aromatic nitrogens is 1. The molecule has 0 fully saturated rings. The van der Waals surface area contributed by atoms with E-state index in [1.165, 1.54) is 6.20 Å². The molecule has 0 unspecified atom stereocenters. The van der Waals surface area contributed by atoms with Gasteiger partial charge in [-0.15, -0.1) is 11.3 Å². The fraction of sp³-hybridized carbons (Fsp3) is 0.125. The second kappa shape index (κ2) is 6.77. The summed E-state index contributed by atoms with van der Waals surface area (Å²) in [5.41, 5.74) is 0.329. The number of amides is 1. The topological polar surface area (TPSA) is 46.3 Å². The lowest BCUT2D eigenvalue weighted by molar-refractivity contribution is 0.0713. The van der Waals surface area contributed by atoms with Crippen molar-refractivity contribution >= 4 is 28.8 Å². The number of rotatable bonds is 5. The van der Waals surface area contributed by atoms with E-state index >= 15 is 0 Å². The van der Waals surface area contributed by atoms with Crippen LogP contribution in [0.3, 0.4) is 0 Å². The lowest BCUT2D eigenvalue weighted by Gasteiger charge is -2.20. The molecule has 0 spiro atoms. The first-order chi connectivity index (χ1) is 10.7. The molecule has 0 aliphatic rings. The Balaban J connectivity index is 1.85. The average molecular weight is 333 g/mol. The van der Waals surface area contributed by atoms with Gasteiger partial charge in [0.05, 0.1) is 19.4 Å². The summed E-state index contributed by atoms with van der Waals surface area (Å²) in [5.74, 6) is 0.555. The summed E-state index contributed by atoms with van der Waals surface area (Å²) in [7, 11) is 0. The summed E-state index contributed by atoms with van der Waals surface area (Å²) < 4.78 is 5.36. The molecule has 22 heavy (non-hydrogen) atoms. The summed E-state index contributed by atoms with van der Waals surface area (Å²) in [6.45, 7) is 0.892. The Bertz CT molecular complexity index is 705. The van der Waals surface area contributed by atoms with Crippen molar-refractivity contribution in [2.45, 2.75) is 13.1 Å². The Morgan fingerprint density at radius 2 is 2.18 bits per heavy atom. The highest BCUT2D eigenvalue weighted by Gasteiger charge is 2.19. The zero-order valence-electron chi connectivity index (χ0n) is 11.6. The van der Waals surface area contributed by atoms with Crippen molar-refractivity contribution in [1.82, 2.24) is 9.88 Å². The van der Waals surface area contributed by atoms with E-state index in [4.69, 9.17) is 16.0 Å². The van der Waals surface area contributed by atoms with Crippen molar-refractivity contribution < 1.29 is 9.21 Å². The van der Waals surface area contributed by atoms with E-state index in [0.29, 0.717) is 23.8 Å². The number of carbonyl (C=O) groups is 1. The quantitative estimate of drug-likeness (QED) is 0.702. The first kappa shape index (κ1) is 14.8. The van der Waals surface area contributed by atoms with Crippen LogP contribution in [0.1, 0.15) is 21.1 Å². The molecule has 3 aromatic heterocycles. The Labute approximate surface area is 137 Å². The molecule has 0 saturated heterocycles. The Hall–Kier alpha value is -2.11. The number of furan rings is 1. The van der Waals surface area contributed by atoms with Crippen molar-refractivity contribution in [2.24, 2.45) is 0 Å². The monoisotopic (exact) mass is 332 g/mol. The van der Waals surface area contributed by atoms with Crippen LogP contribution in [-0.2, 0) is 13.1 Å². The molecule has 3 aromatic rings. The van der Waals surface area contributed by atoms with Crippen LogP contribution in [0, 0.1) is 0 Å². The molecule has 0 atom stereocenters. The first-order valence-electron chi connectivity index (χ1n) is 6.68. The minimum atomic E-state index is -0.174. The molecule has 0 radical (unpaired) electrons. The largest absolute Gasteiger partial charge is 0.467 e. The molecule has 4 nitrogen and oxygen atoms in total. The lowest BCUT2D eigenvalue weighted by atomic mass is 10.2. The SMILES string of the molecule is O=C(c1cc(Cl)ccn1)N(Cc1ccco1)Cc1cccs1. The molecule has 1 amide bonds. The number of carbonyl (C=O) groups excluding carboxylic acids is 1. The van der Waals surface area contributed by atoms with Crippen LogP contribution in [0.25, 0.3) is 0 Å². The van der Waals surface area contributed by atoms with Gasteiger partial charge < -0.3 is 9.32 Å². The predicted molar refractivity (Wildman–Crippen MR) is 85.9 cm³/mol. The fourth-order valence-corrected chi connectivity index (χ4v) is 2.94. The van der Waals surface area contributed by atoms with Crippen LogP contribution in [0.5, 0.6) is 0 Å². The molecule has 0 saturated carbocycles. The number of nitrogens with zero attached hydrogens (tertiary/aromatic N) is 2. The van der Waals surface area contributed by atoms with Gasteiger partial charge in [-0.1, -0.05) is 17.7 Å². The summed E-state index contributed by atoms with van der Waals surface area (Å²) in [4.78, 5) is 19.6. The Morgan fingerprint density at radius 3 is 2.86 bits per heavy atom. The smallest absolute Gasteiger partial charge is 0.273 e. The van der Waals surface area contributed by atoms with E-state index in [2.05, 4.69) is 4.98 Å². The van der Waals surface area contributed by atoms with E-state index in [9.17, 15) is 4.79 Å². The predicted octanol–water partition coefficient (Wildman–Crippen LogP) is 4.23. The van der Waals surface area contributed by atoms with Crippen molar-refractivity contribution in [3.63, 3.8) is 0 Å². The van der Waals surface area contributed by atoms with Crippen LogP contribution in [0.15, 0.2) is 58.7 Å². The van der Waals surface area contributed by atoms with Gasteiger partial charge in [-0.2, -0.15) is 0 Å². The van der Waals surface area contributed by atoms with Crippen molar-refractivity contribution in [1.29, 1.82) is 0 Å². The third-order valence-electron chi connectivity index (χ3n) is 3.08. The Morgan fingerprint density at radius 1 is 1.27 bits per heavy atom. The third kappa shape index (κ3) is 3.55.